The van der Waals surface area contributed by atoms with E-state index in [1.165, 1.54) is 0 Å². The van der Waals surface area contributed by atoms with Crippen molar-refractivity contribution < 1.29 is 32.9 Å². The molecule has 0 amide bonds. The molecule has 0 atom stereocenters. The van der Waals surface area contributed by atoms with Crippen LogP contribution in [0.4, 0.5) is 0 Å². The Morgan fingerprint density at radius 3 is 1.10 bits per heavy atom. The second-order valence-corrected chi connectivity index (χ2v) is 6.79. The fourth-order valence-corrected chi connectivity index (χ4v) is 2.38. The van der Waals surface area contributed by atoms with Crippen molar-refractivity contribution in [1.82, 2.24) is 0 Å². The molecule has 0 bridgehead atoms. The van der Waals surface area contributed by atoms with Crippen molar-refractivity contribution >= 4 is 32.1 Å². The van der Waals surface area contributed by atoms with Crippen molar-refractivity contribution in [2.75, 3.05) is 0 Å². The number of hydrogen-bond donors (Lipinski definition) is 2. The summed E-state index contributed by atoms with van der Waals surface area (Å²) in [7, 11) is 9.34. The van der Waals surface area contributed by atoms with Gasteiger partial charge < -0.3 is 21.7 Å². The summed E-state index contributed by atoms with van der Waals surface area (Å²) in [4.78, 5) is 20.7. The summed E-state index contributed by atoms with van der Waals surface area (Å²) in [6, 6.07) is 0. The Hall–Kier alpha value is -0.0405. The zero-order chi connectivity index (χ0) is 16.5. The molecule has 0 aromatic heterocycles. The molecule has 0 saturated heterocycles. The third-order valence-corrected chi connectivity index (χ3v) is 3.73. The third-order valence-electron chi connectivity index (χ3n) is 3.73. The van der Waals surface area contributed by atoms with Gasteiger partial charge in [-0.1, -0.05) is 51.4 Å². The van der Waals surface area contributed by atoms with E-state index >= 15 is 0 Å². The van der Waals surface area contributed by atoms with Gasteiger partial charge in [0.15, 0.2) is 0 Å². The molecule has 2 aliphatic rings. The molecule has 2 saturated carbocycles. The zero-order valence-electron chi connectivity index (χ0n) is 11.4. The van der Waals surface area contributed by atoms with E-state index in [0.717, 1.165) is 38.8 Å². The fraction of sp³-hybridized carbons (Fsp3) is 0.833. The number of nitrogens with one attached hydrogen (secondary N) is 2. The second-order valence-electron chi connectivity index (χ2n) is 5.23. The molecule has 0 spiro atoms. The first-order valence-corrected chi connectivity index (χ1v) is 9.09. The SMILES string of the molecule is [Cl][Cu][Cl].[NH-]C1(C(=O)O)CCCC1.[NH-]C1(C(=O)O)CCCC1. The summed E-state index contributed by atoms with van der Waals surface area (Å²) >= 11 is 0.757. The van der Waals surface area contributed by atoms with Crippen LogP contribution in [0.3, 0.4) is 0 Å². The summed E-state index contributed by atoms with van der Waals surface area (Å²) in [6.45, 7) is 0. The molecule has 2 fully saturated rings. The van der Waals surface area contributed by atoms with Gasteiger partial charge in [0.25, 0.3) is 11.9 Å². The van der Waals surface area contributed by atoms with Crippen molar-refractivity contribution in [3.05, 3.63) is 11.5 Å². The Morgan fingerprint density at radius 1 is 0.810 bits per heavy atom. The third kappa shape index (κ3) is 7.17. The summed E-state index contributed by atoms with van der Waals surface area (Å²) in [5.41, 5.74) is 12.4. The summed E-state index contributed by atoms with van der Waals surface area (Å²) in [5, 5.41) is 17.0. The molecular formula is C12H20Cl2CuN2O4-2. The molecule has 4 N–H and O–H groups in total. The van der Waals surface area contributed by atoms with E-state index in [1.54, 1.807) is 0 Å². The maximum absolute atomic E-state index is 10.3. The largest absolute Gasteiger partial charge is 0.663 e. The van der Waals surface area contributed by atoms with Crippen molar-refractivity contribution in [2.24, 2.45) is 0 Å². The normalized spacial score (nSPS) is 21.7. The monoisotopic (exact) mass is 389 g/mol. The van der Waals surface area contributed by atoms with Crippen molar-refractivity contribution in [1.29, 1.82) is 0 Å². The quantitative estimate of drug-likeness (QED) is 0.684. The zero-order valence-corrected chi connectivity index (χ0v) is 13.9. The molecule has 9 heteroatoms. The molecule has 0 aliphatic heterocycles. The van der Waals surface area contributed by atoms with Crippen LogP contribution >= 0.6 is 20.2 Å². The molecule has 2 rings (SSSR count). The molecule has 0 unspecified atom stereocenters. The van der Waals surface area contributed by atoms with Gasteiger partial charge in [-0.3, -0.25) is 9.59 Å². The fourth-order valence-electron chi connectivity index (χ4n) is 2.38. The number of carbonyl (C=O) groups is 2. The first kappa shape index (κ1) is 21.0. The molecular weight excluding hydrogens is 371 g/mol. The maximum Gasteiger partial charge on any atom is 0.288 e. The minimum absolute atomic E-state index is 0.530. The van der Waals surface area contributed by atoms with Crippen molar-refractivity contribution in [3.8, 4) is 0 Å². The molecule has 6 nitrogen and oxygen atoms in total. The Bertz CT molecular complexity index is 314. The minimum Gasteiger partial charge on any atom is -0.663 e. The van der Waals surface area contributed by atoms with Crippen LogP contribution in [-0.2, 0) is 22.7 Å². The Kier molecular flexibility index (Phi) is 9.85. The van der Waals surface area contributed by atoms with Crippen molar-refractivity contribution in [2.45, 2.75) is 62.4 Å². The summed E-state index contributed by atoms with van der Waals surface area (Å²) < 4.78 is 0. The van der Waals surface area contributed by atoms with Crippen LogP contribution in [0.5, 0.6) is 0 Å². The van der Waals surface area contributed by atoms with E-state index in [1.807, 2.05) is 0 Å². The predicted octanol–water partition coefficient (Wildman–Crippen LogP) is 4.25. The number of halogens is 2. The summed E-state index contributed by atoms with van der Waals surface area (Å²) in [6.07, 6.45) is 5.71. The van der Waals surface area contributed by atoms with Crippen LogP contribution in [0.1, 0.15) is 51.4 Å². The Morgan fingerprint density at radius 2 is 1.00 bits per heavy atom. The van der Waals surface area contributed by atoms with Crippen LogP contribution < -0.4 is 0 Å². The average molecular weight is 391 g/mol. The van der Waals surface area contributed by atoms with Gasteiger partial charge in [-0.2, -0.15) is 0 Å². The molecule has 0 heterocycles. The average Bonchev–Trinajstić information content (AvgIpc) is 3.02. The molecule has 2 aliphatic carbocycles. The standard InChI is InChI=1S/2C6H10NO2.2ClH.Cu/c2*7-6(5(8)9)3-1-2-4-6;;;/h2*7H,1-4H2,(H,8,9);2*1H;/q2*-1;;;+2/p-2. The molecule has 0 radical (unpaired) electrons. The Balaban J connectivity index is 0.000000322. The van der Waals surface area contributed by atoms with E-state index in [4.69, 9.17) is 21.7 Å². The number of hydrogen-bond acceptors (Lipinski definition) is 2. The first-order valence-electron chi connectivity index (χ1n) is 6.50. The van der Waals surface area contributed by atoms with Crippen LogP contribution in [0.2, 0.25) is 0 Å². The topological polar surface area (TPSA) is 122 Å². The van der Waals surface area contributed by atoms with Gasteiger partial charge in [-0.15, -0.1) is 0 Å². The van der Waals surface area contributed by atoms with E-state index in [-0.39, 0.29) is 0 Å². The molecule has 129 valence electrons. The van der Waals surface area contributed by atoms with Crippen LogP contribution in [0.25, 0.3) is 11.5 Å². The van der Waals surface area contributed by atoms with Gasteiger partial charge in [-0.05, 0) is 11.1 Å². The van der Waals surface area contributed by atoms with Crippen LogP contribution in [0.15, 0.2) is 0 Å². The van der Waals surface area contributed by atoms with E-state index in [2.05, 4.69) is 20.2 Å². The van der Waals surface area contributed by atoms with Gasteiger partial charge >= 0.3 is 33.3 Å². The number of carboxylic acids is 2. The van der Waals surface area contributed by atoms with Crippen LogP contribution in [-0.4, -0.2) is 33.2 Å². The van der Waals surface area contributed by atoms with Gasteiger partial charge in [0.2, 0.25) is 0 Å². The predicted molar refractivity (Wildman–Crippen MR) is 78.0 cm³/mol. The summed E-state index contributed by atoms with van der Waals surface area (Å²) in [5.74, 6) is -1.92. The van der Waals surface area contributed by atoms with Crippen LogP contribution in [0, 0.1) is 0 Å². The van der Waals surface area contributed by atoms with Gasteiger partial charge in [0.05, 0.1) is 0 Å². The second kappa shape index (κ2) is 9.87. The molecule has 21 heavy (non-hydrogen) atoms. The van der Waals surface area contributed by atoms with E-state index in [9.17, 15) is 9.59 Å². The van der Waals surface area contributed by atoms with Gasteiger partial charge in [-0.25, -0.2) is 0 Å². The first-order chi connectivity index (χ1) is 9.72. The minimum atomic E-state index is -1.14. The van der Waals surface area contributed by atoms with E-state index < -0.39 is 23.0 Å². The maximum atomic E-state index is 10.3. The number of rotatable bonds is 2. The van der Waals surface area contributed by atoms with Crippen molar-refractivity contribution in [3.63, 3.8) is 0 Å². The Labute approximate surface area is 139 Å². The molecule has 0 aromatic rings. The smallest absolute Gasteiger partial charge is 0.288 e. The number of aliphatic carboxylic acids is 2. The number of carboxylic acid groups (broad SMARTS) is 2. The van der Waals surface area contributed by atoms with E-state index in [0.29, 0.717) is 25.7 Å². The van der Waals surface area contributed by atoms with Gasteiger partial charge in [0.1, 0.15) is 0 Å². The molecule has 0 aromatic carbocycles. The van der Waals surface area contributed by atoms with Gasteiger partial charge in [0, 0.05) is 0 Å².